The van der Waals surface area contributed by atoms with Gasteiger partial charge in [0.05, 0.1) is 23.4 Å². The van der Waals surface area contributed by atoms with Gasteiger partial charge in [0.2, 0.25) is 0 Å². The number of urea groups is 1. The van der Waals surface area contributed by atoms with Crippen LogP contribution in [-0.2, 0) is 4.74 Å². The van der Waals surface area contributed by atoms with Crippen molar-refractivity contribution in [3.63, 3.8) is 0 Å². The van der Waals surface area contributed by atoms with Crippen molar-refractivity contribution in [2.24, 2.45) is 0 Å². The summed E-state index contributed by atoms with van der Waals surface area (Å²) in [6.45, 7) is 4.98. The third-order valence-electron chi connectivity index (χ3n) is 3.89. The lowest BCUT2D eigenvalue weighted by Crippen LogP contribution is -2.46. The summed E-state index contributed by atoms with van der Waals surface area (Å²) in [4.78, 5) is 18.7. The summed E-state index contributed by atoms with van der Waals surface area (Å²) in [5.74, 6) is 0. The van der Waals surface area contributed by atoms with Crippen LogP contribution in [0.5, 0.6) is 0 Å². The van der Waals surface area contributed by atoms with Crippen molar-refractivity contribution in [2.45, 2.75) is 13.0 Å². The Morgan fingerprint density at radius 1 is 1.42 bits per heavy atom. The Kier molecular flexibility index (Phi) is 5.44. The maximum absolute atomic E-state index is 12.0. The van der Waals surface area contributed by atoms with Crippen LogP contribution in [0.1, 0.15) is 5.01 Å². The predicted molar refractivity (Wildman–Crippen MR) is 96.5 cm³/mol. The van der Waals surface area contributed by atoms with E-state index in [0.29, 0.717) is 13.2 Å². The zero-order valence-corrected chi connectivity index (χ0v) is 14.7. The number of nitrogens with zero attached hydrogens (tertiary/aromatic N) is 2. The Hall–Kier alpha value is -1.96. The van der Waals surface area contributed by atoms with Crippen LogP contribution in [0.3, 0.4) is 0 Å². The molecule has 7 heteroatoms. The molecular formula is C17H22N4O2S. The van der Waals surface area contributed by atoms with Crippen LogP contribution in [0, 0.1) is 6.92 Å². The van der Waals surface area contributed by atoms with Gasteiger partial charge in [0.1, 0.15) is 0 Å². The van der Waals surface area contributed by atoms with Crippen LogP contribution < -0.4 is 10.6 Å². The summed E-state index contributed by atoms with van der Waals surface area (Å²) in [7, 11) is 2.06. The molecule has 2 amide bonds. The van der Waals surface area contributed by atoms with E-state index in [2.05, 4.69) is 27.6 Å². The highest BCUT2D eigenvalue weighted by Crippen LogP contribution is 2.23. The first-order valence-electron chi connectivity index (χ1n) is 7.98. The quantitative estimate of drug-likeness (QED) is 0.893. The largest absolute Gasteiger partial charge is 0.374 e. The van der Waals surface area contributed by atoms with Crippen molar-refractivity contribution in [3.05, 3.63) is 34.7 Å². The van der Waals surface area contributed by atoms with E-state index in [1.165, 1.54) is 0 Å². The molecule has 0 saturated carbocycles. The highest BCUT2D eigenvalue weighted by molar-refractivity contribution is 7.09. The zero-order chi connectivity index (χ0) is 16.9. The summed E-state index contributed by atoms with van der Waals surface area (Å²) in [5.41, 5.74) is 2.76. The first kappa shape index (κ1) is 16.9. The highest BCUT2D eigenvalue weighted by Gasteiger charge is 2.18. The molecule has 2 aromatic rings. The van der Waals surface area contributed by atoms with Crippen LogP contribution in [0.15, 0.2) is 29.6 Å². The fraction of sp³-hybridized carbons (Fsp3) is 0.412. The Bertz CT molecular complexity index is 686. The van der Waals surface area contributed by atoms with Gasteiger partial charge in [-0.05, 0) is 26.1 Å². The maximum Gasteiger partial charge on any atom is 0.319 e. The van der Waals surface area contributed by atoms with Gasteiger partial charge in [-0.1, -0.05) is 12.1 Å². The van der Waals surface area contributed by atoms with Crippen LogP contribution in [-0.4, -0.2) is 55.3 Å². The molecule has 2 N–H and O–H groups in total. The second-order valence-electron chi connectivity index (χ2n) is 5.92. The molecule has 24 heavy (non-hydrogen) atoms. The molecule has 1 aliphatic rings. The first-order chi connectivity index (χ1) is 11.6. The maximum atomic E-state index is 12.0. The van der Waals surface area contributed by atoms with E-state index in [-0.39, 0.29) is 12.1 Å². The number of morpholine rings is 1. The molecule has 0 spiro atoms. The number of anilines is 1. The summed E-state index contributed by atoms with van der Waals surface area (Å²) >= 11 is 1.63. The molecule has 0 radical (unpaired) electrons. The molecule has 0 bridgehead atoms. The third kappa shape index (κ3) is 4.53. The summed E-state index contributed by atoms with van der Waals surface area (Å²) in [6.07, 6.45) is 0.0461. The van der Waals surface area contributed by atoms with Gasteiger partial charge >= 0.3 is 6.03 Å². The summed E-state index contributed by atoms with van der Waals surface area (Å²) in [6, 6.07) is 7.47. The summed E-state index contributed by atoms with van der Waals surface area (Å²) < 4.78 is 5.63. The predicted octanol–water partition coefficient (Wildman–Crippen LogP) is 2.57. The van der Waals surface area contributed by atoms with E-state index < -0.39 is 0 Å². The smallest absolute Gasteiger partial charge is 0.319 e. The van der Waals surface area contributed by atoms with Crippen molar-refractivity contribution < 1.29 is 9.53 Å². The molecule has 1 fully saturated rings. The third-order valence-corrected chi connectivity index (χ3v) is 4.66. The highest BCUT2D eigenvalue weighted by atomic mass is 32.1. The van der Waals surface area contributed by atoms with Crippen LogP contribution >= 0.6 is 11.3 Å². The average molecular weight is 346 g/mol. The van der Waals surface area contributed by atoms with Gasteiger partial charge in [0.25, 0.3) is 0 Å². The molecule has 128 valence electrons. The number of thiazole rings is 1. The lowest BCUT2D eigenvalue weighted by atomic mass is 10.1. The minimum Gasteiger partial charge on any atom is -0.374 e. The van der Waals surface area contributed by atoms with E-state index in [0.717, 1.165) is 35.0 Å². The molecule has 6 nitrogen and oxygen atoms in total. The van der Waals surface area contributed by atoms with Gasteiger partial charge in [0.15, 0.2) is 0 Å². The Balaban J connectivity index is 1.49. The molecule has 0 aliphatic carbocycles. The molecule has 0 unspecified atom stereocenters. The SMILES string of the molecule is Cc1nc(-c2ccc(NC(=O)NC[C@H]3CN(C)CCO3)cc2)cs1. The Labute approximate surface area is 145 Å². The monoisotopic (exact) mass is 346 g/mol. The normalized spacial score (nSPS) is 18.3. The Morgan fingerprint density at radius 3 is 2.88 bits per heavy atom. The average Bonchev–Trinajstić information content (AvgIpc) is 3.00. The number of nitrogens with one attached hydrogen (secondary N) is 2. The van der Waals surface area contributed by atoms with Gasteiger partial charge in [-0.15, -0.1) is 11.3 Å². The number of hydrogen-bond donors (Lipinski definition) is 2. The number of rotatable bonds is 4. The zero-order valence-electron chi connectivity index (χ0n) is 13.9. The van der Waals surface area contributed by atoms with Crippen molar-refractivity contribution in [3.8, 4) is 11.3 Å². The second kappa shape index (κ2) is 7.74. The number of likely N-dealkylation sites (N-methyl/N-ethyl adjacent to an activating group) is 1. The molecule has 3 rings (SSSR count). The molecule has 1 aromatic carbocycles. The van der Waals surface area contributed by atoms with E-state index in [1.54, 1.807) is 11.3 Å². The van der Waals surface area contributed by atoms with E-state index in [9.17, 15) is 4.79 Å². The van der Waals surface area contributed by atoms with Crippen molar-refractivity contribution in [1.82, 2.24) is 15.2 Å². The minimum absolute atomic E-state index is 0.0461. The van der Waals surface area contributed by atoms with E-state index in [4.69, 9.17) is 4.74 Å². The standard InChI is InChI=1S/C17H22N4O2S/c1-12-19-16(11-24-12)13-3-5-14(6-4-13)20-17(22)18-9-15-10-21(2)7-8-23-15/h3-6,11,15H,7-10H2,1-2H3,(H2,18,20,22)/t15-/m0/s1. The molecule has 1 aliphatic heterocycles. The van der Waals surface area contributed by atoms with Gasteiger partial charge < -0.3 is 20.3 Å². The molecule has 2 heterocycles. The summed E-state index contributed by atoms with van der Waals surface area (Å²) in [5, 5.41) is 8.78. The minimum atomic E-state index is -0.218. The van der Waals surface area contributed by atoms with Gasteiger partial charge in [-0.25, -0.2) is 9.78 Å². The fourth-order valence-electron chi connectivity index (χ4n) is 2.59. The van der Waals surface area contributed by atoms with Crippen LogP contribution in [0.25, 0.3) is 11.3 Å². The molecule has 1 saturated heterocycles. The number of aromatic nitrogens is 1. The number of hydrogen-bond acceptors (Lipinski definition) is 5. The van der Waals surface area contributed by atoms with Gasteiger partial charge in [-0.2, -0.15) is 0 Å². The lowest BCUT2D eigenvalue weighted by molar-refractivity contribution is -0.0166. The Morgan fingerprint density at radius 2 is 2.21 bits per heavy atom. The number of aryl methyl sites for hydroxylation is 1. The number of carbonyl (C=O) groups excluding carboxylic acids is 1. The van der Waals surface area contributed by atoms with E-state index >= 15 is 0 Å². The molecule has 1 atom stereocenters. The lowest BCUT2D eigenvalue weighted by Gasteiger charge is -2.30. The van der Waals surface area contributed by atoms with Gasteiger partial charge in [0, 0.05) is 36.3 Å². The number of ether oxygens (including phenoxy) is 1. The molecule has 1 aromatic heterocycles. The van der Waals surface area contributed by atoms with Crippen molar-refractivity contribution >= 4 is 23.1 Å². The van der Waals surface area contributed by atoms with Gasteiger partial charge in [-0.3, -0.25) is 0 Å². The molecular weight excluding hydrogens is 324 g/mol. The second-order valence-corrected chi connectivity index (χ2v) is 6.98. The number of amides is 2. The van der Waals surface area contributed by atoms with Crippen molar-refractivity contribution in [1.29, 1.82) is 0 Å². The number of benzene rings is 1. The van der Waals surface area contributed by atoms with E-state index in [1.807, 2.05) is 36.6 Å². The fourth-order valence-corrected chi connectivity index (χ4v) is 3.21. The topological polar surface area (TPSA) is 66.5 Å². The van der Waals surface area contributed by atoms with Crippen LogP contribution in [0.4, 0.5) is 10.5 Å². The van der Waals surface area contributed by atoms with Crippen molar-refractivity contribution in [2.75, 3.05) is 38.6 Å². The van der Waals surface area contributed by atoms with Crippen LogP contribution in [0.2, 0.25) is 0 Å². The number of carbonyl (C=O) groups is 1. The first-order valence-corrected chi connectivity index (χ1v) is 8.85.